The highest BCUT2D eigenvalue weighted by molar-refractivity contribution is 6.33. The molecule has 12 heteroatoms. The molecule has 2 aromatic rings. The summed E-state index contributed by atoms with van der Waals surface area (Å²) in [6.07, 6.45) is -6.48. The summed E-state index contributed by atoms with van der Waals surface area (Å²) in [6, 6.07) is 4.62. The molecule has 2 aromatic carbocycles. The third-order valence-corrected chi connectivity index (χ3v) is 5.60. The fourth-order valence-corrected chi connectivity index (χ4v) is 3.60. The minimum absolute atomic E-state index is 0.115. The number of carbonyl (C=O) groups excluding carboxylic acids is 1. The van der Waals surface area contributed by atoms with Crippen molar-refractivity contribution in [3.63, 3.8) is 0 Å². The molecule has 0 aliphatic carbocycles. The van der Waals surface area contributed by atoms with Crippen molar-refractivity contribution in [2.24, 2.45) is 0 Å². The van der Waals surface area contributed by atoms with Gasteiger partial charge in [-0.25, -0.2) is 13.6 Å². The van der Waals surface area contributed by atoms with Gasteiger partial charge < -0.3 is 25.4 Å². The van der Waals surface area contributed by atoms with E-state index >= 15 is 0 Å². The summed E-state index contributed by atoms with van der Waals surface area (Å²) >= 11 is 5.91. The van der Waals surface area contributed by atoms with Crippen LogP contribution in [0.15, 0.2) is 30.3 Å². The van der Waals surface area contributed by atoms with E-state index in [1.54, 1.807) is 0 Å². The first-order valence-corrected chi connectivity index (χ1v) is 10.9. The maximum absolute atomic E-state index is 14.8. The number of piperidine rings is 1. The van der Waals surface area contributed by atoms with Gasteiger partial charge in [0.1, 0.15) is 17.4 Å². The summed E-state index contributed by atoms with van der Waals surface area (Å²) in [5.74, 6) is -2.44. The zero-order chi connectivity index (χ0) is 25.0. The van der Waals surface area contributed by atoms with Crippen LogP contribution >= 0.6 is 11.6 Å². The first-order chi connectivity index (χ1) is 16.0. The van der Waals surface area contributed by atoms with Gasteiger partial charge in [0, 0.05) is 24.7 Å². The largest absolute Gasteiger partial charge is 0.481 e. The topological polar surface area (TPSA) is 73.8 Å². The zero-order valence-electron chi connectivity index (χ0n) is 18.1. The molecule has 6 nitrogen and oxygen atoms in total. The minimum Gasteiger partial charge on any atom is -0.481 e. The van der Waals surface area contributed by atoms with Crippen molar-refractivity contribution in [3.05, 3.63) is 52.6 Å². The molecular formula is C22H23ClF5N3O3. The van der Waals surface area contributed by atoms with Crippen LogP contribution in [0.25, 0.3) is 0 Å². The summed E-state index contributed by atoms with van der Waals surface area (Å²) < 4.78 is 73.3. The first kappa shape index (κ1) is 25.8. The van der Waals surface area contributed by atoms with Crippen molar-refractivity contribution < 1.29 is 36.6 Å². The summed E-state index contributed by atoms with van der Waals surface area (Å²) in [4.78, 5) is 13.9. The second-order valence-corrected chi connectivity index (χ2v) is 8.20. The number of nitrogens with zero attached hydrogens (tertiary/aromatic N) is 1. The van der Waals surface area contributed by atoms with E-state index in [0.29, 0.717) is 19.2 Å². The summed E-state index contributed by atoms with van der Waals surface area (Å²) in [6.45, 7) is 1.66. The maximum Gasteiger partial charge on any atom is 0.425 e. The lowest BCUT2D eigenvalue weighted by molar-refractivity contribution is -0.189. The number of aliphatic hydroxyl groups is 1. The number of para-hydroxylation sites is 1. The molecule has 1 saturated heterocycles. The minimum atomic E-state index is -4.77. The highest BCUT2D eigenvalue weighted by Gasteiger charge is 2.39. The van der Waals surface area contributed by atoms with Gasteiger partial charge in [-0.05, 0) is 44.4 Å². The number of nitrogens with one attached hydrogen (secondary N) is 2. The van der Waals surface area contributed by atoms with E-state index in [0.717, 1.165) is 38.3 Å². The molecule has 3 rings (SSSR count). The number of hydrogen-bond donors (Lipinski definition) is 3. The van der Waals surface area contributed by atoms with Gasteiger partial charge in [0.15, 0.2) is 12.3 Å². The fourth-order valence-electron chi connectivity index (χ4n) is 3.38. The Bertz CT molecular complexity index is 1010. The lowest BCUT2D eigenvalue weighted by Crippen LogP contribution is -2.39. The van der Waals surface area contributed by atoms with E-state index in [4.69, 9.17) is 16.3 Å². The molecule has 2 amide bonds. The Morgan fingerprint density at radius 3 is 2.44 bits per heavy atom. The van der Waals surface area contributed by atoms with Gasteiger partial charge in [0.2, 0.25) is 0 Å². The average Bonchev–Trinajstić information content (AvgIpc) is 2.78. The molecule has 2 atom stereocenters. The van der Waals surface area contributed by atoms with Gasteiger partial charge in [0.05, 0.1) is 16.4 Å². The molecule has 3 N–H and O–H groups in total. The van der Waals surface area contributed by atoms with Crippen molar-refractivity contribution >= 4 is 29.0 Å². The Morgan fingerprint density at radius 2 is 1.82 bits per heavy atom. The zero-order valence-corrected chi connectivity index (χ0v) is 18.8. The predicted octanol–water partition coefficient (Wildman–Crippen LogP) is 6.07. The van der Waals surface area contributed by atoms with Gasteiger partial charge in [-0.1, -0.05) is 17.7 Å². The maximum atomic E-state index is 14.8. The van der Waals surface area contributed by atoms with Crippen molar-refractivity contribution in [1.29, 1.82) is 0 Å². The van der Waals surface area contributed by atoms with E-state index < -0.39 is 53.2 Å². The molecule has 1 aliphatic heterocycles. The number of rotatable bonds is 6. The molecule has 0 saturated carbocycles. The smallest absolute Gasteiger partial charge is 0.425 e. The van der Waals surface area contributed by atoms with Gasteiger partial charge >= 0.3 is 12.2 Å². The Balaban J connectivity index is 1.93. The van der Waals surface area contributed by atoms with Gasteiger partial charge in [-0.15, -0.1) is 0 Å². The monoisotopic (exact) mass is 507 g/mol. The SMILES string of the molecule is C[C@H](Oc1cc(NC(=O)N2CCCCC2)c(F)cc1C(O)Nc1c(F)cccc1Cl)C(F)(F)F. The Kier molecular flexibility index (Phi) is 8.09. The number of amides is 2. The predicted molar refractivity (Wildman–Crippen MR) is 117 cm³/mol. The molecule has 0 radical (unpaired) electrons. The van der Waals surface area contributed by atoms with Gasteiger partial charge in [0.25, 0.3) is 0 Å². The van der Waals surface area contributed by atoms with Crippen LogP contribution in [0.2, 0.25) is 5.02 Å². The number of halogens is 6. The van der Waals surface area contributed by atoms with Gasteiger partial charge in [-0.3, -0.25) is 0 Å². The average molecular weight is 508 g/mol. The van der Waals surface area contributed by atoms with E-state index in [1.807, 2.05) is 0 Å². The van der Waals surface area contributed by atoms with E-state index in [2.05, 4.69) is 10.6 Å². The van der Waals surface area contributed by atoms with Crippen molar-refractivity contribution in [2.75, 3.05) is 23.7 Å². The van der Waals surface area contributed by atoms with Crippen LogP contribution < -0.4 is 15.4 Å². The number of hydrogen-bond acceptors (Lipinski definition) is 4. The summed E-state index contributed by atoms with van der Waals surface area (Å²) in [7, 11) is 0. The lowest BCUT2D eigenvalue weighted by atomic mass is 10.1. The normalized spacial score (nSPS) is 16.1. The summed E-state index contributed by atoms with van der Waals surface area (Å²) in [5.41, 5.74) is -1.22. The molecule has 186 valence electrons. The van der Waals surface area contributed by atoms with Crippen LogP contribution in [0.4, 0.5) is 38.1 Å². The molecule has 1 aliphatic rings. The molecule has 34 heavy (non-hydrogen) atoms. The second-order valence-electron chi connectivity index (χ2n) is 7.79. The molecule has 0 aromatic heterocycles. The molecule has 0 spiro atoms. The van der Waals surface area contributed by atoms with Crippen LogP contribution in [0, 0.1) is 11.6 Å². The summed E-state index contributed by atoms with van der Waals surface area (Å²) in [5, 5.41) is 15.1. The van der Waals surface area contributed by atoms with Crippen LogP contribution in [-0.4, -0.2) is 41.4 Å². The van der Waals surface area contributed by atoms with E-state index in [9.17, 15) is 31.9 Å². The third-order valence-electron chi connectivity index (χ3n) is 5.29. The second kappa shape index (κ2) is 10.6. The first-order valence-electron chi connectivity index (χ1n) is 10.5. The number of aliphatic hydroxyl groups excluding tert-OH is 1. The van der Waals surface area contributed by atoms with E-state index in [1.165, 1.54) is 17.0 Å². The standard InChI is InChI=1S/C22H23ClF5N3O3/c1-12(22(26,27)28)34-18-11-17(29-21(33)31-8-3-2-4-9-31)16(25)10-13(18)20(32)30-19-14(23)6-5-7-15(19)24/h5-7,10-12,20,30,32H,2-4,8-9H2,1H3,(H,29,33)/t12-,20?/m0/s1. The number of anilines is 2. The Labute approximate surface area is 197 Å². The lowest BCUT2D eigenvalue weighted by Gasteiger charge is -2.27. The van der Waals surface area contributed by atoms with Crippen LogP contribution in [0.1, 0.15) is 38.0 Å². The van der Waals surface area contributed by atoms with Crippen LogP contribution in [-0.2, 0) is 0 Å². The van der Waals surface area contributed by atoms with Crippen molar-refractivity contribution in [1.82, 2.24) is 4.90 Å². The number of benzene rings is 2. The number of ether oxygens (including phenoxy) is 1. The van der Waals surface area contributed by atoms with Crippen molar-refractivity contribution in [3.8, 4) is 5.75 Å². The third kappa shape index (κ3) is 6.20. The highest BCUT2D eigenvalue weighted by Crippen LogP contribution is 2.36. The quantitative estimate of drug-likeness (QED) is 0.328. The number of alkyl halides is 3. The molecular weight excluding hydrogens is 485 g/mol. The molecule has 0 bridgehead atoms. The fraction of sp³-hybridized carbons (Fsp3) is 0.409. The number of carbonyl (C=O) groups is 1. The highest BCUT2D eigenvalue weighted by atomic mass is 35.5. The Hall–Kier alpha value is -2.79. The number of likely N-dealkylation sites (tertiary alicyclic amines) is 1. The number of urea groups is 1. The van der Waals surface area contributed by atoms with Crippen LogP contribution in [0.5, 0.6) is 5.75 Å². The van der Waals surface area contributed by atoms with Gasteiger partial charge in [-0.2, -0.15) is 13.2 Å². The molecule has 1 fully saturated rings. The molecule has 1 heterocycles. The van der Waals surface area contributed by atoms with Crippen molar-refractivity contribution in [2.45, 2.75) is 44.7 Å². The van der Waals surface area contributed by atoms with E-state index in [-0.39, 0.29) is 10.7 Å². The molecule has 1 unspecified atom stereocenters. The van der Waals surface area contributed by atoms with Crippen LogP contribution in [0.3, 0.4) is 0 Å². The Morgan fingerprint density at radius 1 is 1.15 bits per heavy atom.